The second-order valence-corrected chi connectivity index (χ2v) is 8.45. The maximum atomic E-state index is 13.2. The van der Waals surface area contributed by atoms with Gasteiger partial charge in [-0.1, -0.05) is 25.3 Å². The minimum Gasteiger partial charge on any atom is -0.490 e. The molecule has 1 aliphatic carbocycles. The quantitative estimate of drug-likeness (QED) is 0.763. The Balaban J connectivity index is 1.50. The summed E-state index contributed by atoms with van der Waals surface area (Å²) in [6.07, 6.45) is 6.12. The van der Waals surface area contributed by atoms with Gasteiger partial charge < -0.3 is 19.7 Å². The molecule has 3 aliphatic rings. The van der Waals surface area contributed by atoms with Gasteiger partial charge in [0.1, 0.15) is 12.1 Å². The molecule has 8 heteroatoms. The molecular weight excluding hydrogens is 386 g/mol. The summed E-state index contributed by atoms with van der Waals surface area (Å²) < 4.78 is 11.4. The lowest BCUT2D eigenvalue weighted by atomic mass is 9.91. The molecule has 1 aromatic rings. The Morgan fingerprint density at radius 1 is 1.13 bits per heavy atom. The van der Waals surface area contributed by atoms with E-state index in [2.05, 4.69) is 5.32 Å². The fourth-order valence-electron chi connectivity index (χ4n) is 4.43. The molecule has 1 saturated carbocycles. The second-order valence-electron chi connectivity index (χ2n) is 8.45. The summed E-state index contributed by atoms with van der Waals surface area (Å²) in [4.78, 5) is 41.3. The molecule has 4 rings (SSSR count). The highest BCUT2D eigenvalue weighted by molar-refractivity contribution is 6.09. The van der Waals surface area contributed by atoms with Crippen LogP contribution in [0.1, 0.15) is 51.0 Å². The van der Waals surface area contributed by atoms with Crippen molar-refractivity contribution in [2.45, 2.75) is 57.0 Å². The Morgan fingerprint density at radius 2 is 1.83 bits per heavy atom. The Hall–Kier alpha value is -2.77. The lowest BCUT2D eigenvalue weighted by Gasteiger charge is -2.32. The minimum atomic E-state index is -1.26. The normalized spacial score (nSPS) is 24.4. The van der Waals surface area contributed by atoms with E-state index in [0.29, 0.717) is 30.3 Å². The first-order valence-corrected chi connectivity index (χ1v) is 10.7. The third-order valence-electron chi connectivity index (χ3n) is 6.41. The maximum absolute atomic E-state index is 13.2. The molecule has 8 nitrogen and oxygen atoms in total. The largest absolute Gasteiger partial charge is 0.490 e. The van der Waals surface area contributed by atoms with Crippen LogP contribution in [0.2, 0.25) is 0 Å². The van der Waals surface area contributed by atoms with E-state index in [1.165, 1.54) is 6.42 Å². The first-order valence-electron chi connectivity index (χ1n) is 10.7. The molecule has 162 valence electrons. The van der Waals surface area contributed by atoms with E-state index in [1.54, 1.807) is 37.1 Å². The first-order chi connectivity index (χ1) is 14.4. The van der Waals surface area contributed by atoms with Gasteiger partial charge in [-0.15, -0.1) is 0 Å². The smallest absolute Gasteiger partial charge is 0.325 e. The molecule has 2 heterocycles. The van der Waals surface area contributed by atoms with Crippen LogP contribution < -0.4 is 14.8 Å². The number of fused-ring (bicyclic) bond motifs is 1. The zero-order valence-electron chi connectivity index (χ0n) is 17.6. The van der Waals surface area contributed by atoms with E-state index < -0.39 is 17.5 Å². The van der Waals surface area contributed by atoms with E-state index in [-0.39, 0.29) is 18.5 Å². The van der Waals surface area contributed by atoms with Gasteiger partial charge in [0.25, 0.3) is 5.91 Å². The molecule has 1 atom stereocenters. The Labute approximate surface area is 176 Å². The average Bonchev–Trinajstić information content (AvgIpc) is 2.93. The van der Waals surface area contributed by atoms with E-state index in [1.807, 2.05) is 0 Å². The van der Waals surface area contributed by atoms with Crippen molar-refractivity contribution in [3.63, 3.8) is 0 Å². The average molecular weight is 415 g/mol. The molecule has 1 unspecified atom stereocenters. The number of ether oxygens (including phenoxy) is 2. The van der Waals surface area contributed by atoms with Crippen molar-refractivity contribution in [3.05, 3.63) is 23.8 Å². The predicted octanol–water partition coefficient (Wildman–Crippen LogP) is 2.41. The highest BCUT2D eigenvalue weighted by Crippen LogP contribution is 2.36. The number of urea groups is 1. The van der Waals surface area contributed by atoms with Gasteiger partial charge in [-0.3, -0.25) is 14.5 Å². The molecule has 0 spiro atoms. The summed E-state index contributed by atoms with van der Waals surface area (Å²) in [7, 11) is 1.76. The number of nitrogens with one attached hydrogen (secondary N) is 1. The molecule has 1 saturated heterocycles. The van der Waals surface area contributed by atoms with Crippen LogP contribution in [0.3, 0.4) is 0 Å². The molecule has 30 heavy (non-hydrogen) atoms. The van der Waals surface area contributed by atoms with Gasteiger partial charge >= 0.3 is 6.03 Å². The van der Waals surface area contributed by atoms with Crippen molar-refractivity contribution in [3.8, 4) is 11.5 Å². The summed E-state index contributed by atoms with van der Waals surface area (Å²) in [5, 5.41) is 2.76. The molecule has 0 aromatic heterocycles. The van der Waals surface area contributed by atoms with Gasteiger partial charge in [0, 0.05) is 19.5 Å². The van der Waals surface area contributed by atoms with Crippen molar-refractivity contribution in [2.24, 2.45) is 0 Å². The molecule has 1 N–H and O–H groups in total. The number of carbonyl (C=O) groups excluding carboxylic acids is 3. The summed E-state index contributed by atoms with van der Waals surface area (Å²) in [5.41, 5.74) is -0.661. The fourth-order valence-corrected chi connectivity index (χ4v) is 4.43. The molecular formula is C22H29N3O5. The highest BCUT2D eigenvalue weighted by atomic mass is 16.5. The summed E-state index contributed by atoms with van der Waals surface area (Å²) in [6.45, 7) is 2.50. The summed E-state index contributed by atoms with van der Waals surface area (Å²) in [5.74, 6) is 0.526. The van der Waals surface area contributed by atoms with E-state index in [4.69, 9.17) is 9.47 Å². The molecule has 2 aliphatic heterocycles. The number of hydrogen-bond donors (Lipinski definition) is 1. The Morgan fingerprint density at radius 3 is 2.57 bits per heavy atom. The van der Waals surface area contributed by atoms with Crippen molar-refractivity contribution < 1.29 is 23.9 Å². The van der Waals surface area contributed by atoms with Crippen LogP contribution in [0.25, 0.3) is 0 Å². The van der Waals surface area contributed by atoms with Crippen molar-refractivity contribution in [1.82, 2.24) is 15.1 Å². The zero-order chi connectivity index (χ0) is 21.3. The Kier molecular flexibility index (Phi) is 5.58. The topological polar surface area (TPSA) is 88.2 Å². The van der Waals surface area contributed by atoms with Crippen LogP contribution in [0.5, 0.6) is 11.5 Å². The Bertz CT molecular complexity index is 851. The van der Waals surface area contributed by atoms with E-state index in [9.17, 15) is 14.4 Å². The van der Waals surface area contributed by atoms with Gasteiger partial charge in [0.05, 0.1) is 13.2 Å². The number of benzene rings is 1. The number of amides is 4. The van der Waals surface area contributed by atoms with Crippen LogP contribution in [-0.2, 0) is 15.1 Å². The van der Waals surface area contributed by atoms with Gasteiger partial charge in [0.2, 0.25) is 5.91 Å². The minimum absolute atomic E-state index is 0.181. The second kappa shape index (κ2) is 8.16. The monoisotopic (exact) mass is 415 g/mol. The lowest BCUT2D eigenvalue weighted by Crippen LogP contribution is -2.46. The van der Waals surface area contributed by atoms with E-state index >= 15 is 0 Å². The van der Waals surface area contributed by atoms with Crippen molar-refractivity contribution in [2.75, 3.05) is 26.8 Å². The van der Waals surface area contributed by atoms with Crippen LogP contribution in [0, 0.1) is 0 Å². The third-order valence-corrected chi connectivity index (χ3v) is 6.41. The van der Waals surface area contributed by atoms with Crippen LogP contribution >= 0.6 is 0 Å². The lowest BCUT2D eigenvalue weighted by molar-refractivity contribution is -0.139. The highest BCUT2D eigenvalue weighted by Gasteiger charge is 2.50. The number of hydrogen-bond acceptors (Lipinski definition) is 5. The van der Waals surface area contributed by atoms with Gasteiger partial charge in [0.15, 0.2) is 11.5 Å². The van der Waals surface area contributed by atoms with Crippen LogP contribution in [0.15, 0.2) is 18.2 Å². The van der Waals surface area contributed by atoms with Gasteiger partial charge in [-0.2, -0.15) is 0 Å². The molecule has 0 radical (unpaired) electrons. The first kappa shape index (κ1) is 20.5. The number of carbonyl (C=O) groups is 3. The van der Waals surface area contributed by atoms with E-state index in [0.717, 1.165) is 37.0 Å². The van der Waals surface area contributed by atoms with Crippen LogP contribution in [-0.4, -0.2) is 60.5 Å². The molecule has 1 aromatic carbocycles. The maximum Gasteiger partial charge on any atom is 0.325 e. The third kappa shape index (κ3) is 3.70. The summed E-state index contributed by atoms with van der Waals surface area (Å²) >= 11 is 0. The van der Waals surface area contributed by atoms with Crippen molar-refractivity contribution >= 4 is 17.8 Å². The van der Waals surface area contributed by atoms with Gasteiger partial charge in [-0.25, -0.2) is 4.79 Å². The fraction of sp³-hybridized carbons (Fsp3) is 0.591. The predicted molar refractivity (Wildman–Crippen MR) is 109 cm³/mol. The zero-order valence-corrected chi connectivity index (χ0v) is 17.6. The number of imide groups is 1. The number of likely N-dealkylation sites (N-methyl/N-ethyl adjacent to an activating group) is 1. The number of rotatable bonds is 4. The SMILES string of the molecule is CN(C(=O)CN1C(=O)NC(C)(c2ccc3c(c2)OCCCO3)C1=O)C1CCCCC1. The van der Waals surface area contributed by atoms with Crippen molar-refractivity contribution in [1.29, 1.82) is 0 Å². The number of nitrogens with zero attached hydrogens (tertiary/aromatic N) is 2. The molecule has 2 fully saturated rings. The standard InChI is InChI=1S/C22H29N3O5/c1-22(15-9-10-17-18(13-15)30-12-6-11-29-17)20(27)25(21(28)23-22)14-19(26)24(2)16-7-4-3-5-8-16/h9-10,13,16H,3-8,11-12,14H2,1-2H3,(H,23,28). The molecule has 4 amide bonds. The summed E-state index contributed by atoms with van der Waals surface area (Å²) in [6, 6.07) is 4.87. The molecule has 0 bridgehead atoms. The van der Waals surface area contributed by atoms with Crippen LogP contribution in [0.4, 0.5) is 4.79 Å². The van der Waals surface area contributed by atoms with Gasteiger partial charge in [-0.05, 0) is 37.5 Å².